The van der Waals surface area contributed by atoms with Crippen molar-refractivity contribution in [2.75, 3.05) is 10.0 Å². The molecule has 1 amide bonds. The number of anilines is 2. The maximum Gasteiger partial charge on any atom is 0.263 e. The topological polar surface area (TPSA) is 101 Å². The van der Waals surface area contributed by atoms with Crippen LogP contribution in [0.25, 0.3) is 11.1 Å². The van der Waals surface area contributed by atoms with Crippen molar-refractivity contribution in [3.8, 4) is 11.1 Å². The van der Waals surface area contributed by atoms with Gasteiger partial charge in [0, 0.05) is 24.9 Å². The molecule has 0 bridgehead atoms. The molecule has 28 heavy (non-hydrogen) atoms. The summed E-state index contributed by atoms with van der Waals surface area (Å²) in [6, 6.07) is 10.9. The van der Waals surface area contributed by atoms with Crippen LogP contribution >= 0.6 is 23.2 Å². The van der Waals surface area contributed by atoms with Crippen molar-refractivity contribution in [2.24, 2.45) is 0 Å². The van der Waals surface area contributed by atoms with E-state index in [0.717, 1.165) is 0 Å². The molecule has 1 aromatic carbocycles. The van der Waals surface area contributed by atoms with E-state index in [1.807, 2.05) is 0 Å². The van der Waals surface area contributed by atoms with Crippen molar-refractivity contribution in [3.63, 3.8) is 0 Å². The minimum Gasteiger partial charge on any atom is -0.311 e. The average Bonchev–Trinajstić information content (AvgIpc) is 2.63. The third-order valence-corrected chi connectivity index (χ3v) is 5.77. The van der Waals surface area contributed by atoms with Gasteiger partial charge in [-0.3, -0.25) is 9.52 Å². The van der Waals surface area contributed by atoms with Crippen molar-refractivity contribution in [1.29, 1.82) is 0 Å². The number of pyridine rings is 2. The van der Waals surface area contributed by atoms with Gasteiger partial charge in [0.1, 0.15) is 10.7 Å². The van der Waals surface area contributed by atoms with Crippen LogP contribution in [0.15, 0.2) is 59.8 Å². The molecule has 7 nitrogen and oxygen atoms in total. The van der Waals surface area contributed by atoms with E-state index in [4.69, 9.17) is 23.2 Å². The number of sulfonamides is 1. The summed E-state index contributed by atoms with van der Waals surface area (Å²) in [5.41, 5.74) is 1.34. The number of hydrogen-bond acceptors (Lipinski definition) is 5. The van der Waals surface area contributed by atoms with Gasteiger partial charge in [0.25, 0.3) is 10.0 Å². The summed E-state index contributed by atoms with van der Waals surface area (Å²) in [6.07, 6.45) is 3.01. The van der Waals surface area contributed by atoms with Crippen molar-refractivity contribution in [2.45, 2.75) is 11.8 Å². The molecular formula is C18H14Cl2N4O3S. The number of carbonyl (C=O) groups is 1. The van der Waals surface area contributed by atoms with E-state index in [1.54, 1.807) is 24.3 Å². The summed E-state index contributed by atoms with van der Waals surface area (Å²) in [4.78, 5) is 19.2. The zero-order valence-electron chi connectivity index (χ0n) is 14.5. The Labute approximate surface area is 171 Å². The zero-order valence-corrected chi connectivity index (χ0v) is 16.8. The van der Waals surface area contributed by atoms with Crippen molar-refractivity contribution in [1.82, 2.24) is 9.97 Å². The van der Waals surface area contributed by atoms with Crippen molar-refractivity contribution >= 4 is 50.6 Å². The molecule has 0 unspecified atom stereocenters. The SMILES string of the molecule is CC(=O)Nc1cc(-c2cnc(Cl)c(NS(=O)(=O)c3ccccc3Cl)c2)ccn1. The van der Waals surface area contributed by atoms with Crippen LogP contribution in [-0.2, 0) is 14.8 Å². The number of hydrogen-bond donors (Lipinski definition) is 2. The Morgan fingerprint density at radius 3 is 2.50 bits per heavy atom. The minimum absolute atomic E-state index is 0.0180. The lowest BCUT2D eigenvalue weighted by molar-refractivity contribution is -0.114. The number of amides is 1. The highest BCUT2D eigenvalue weighted by molar-refractivity contribution is 7.92. The van der Waals surface area contributed by atoms with Crippen LogP contribution in [0.2, 0.25) is 10.2 Å². The second kappa shape index (κ2) is 8.14. The first-order valence-electron chi connectivity index (χ1n) is 7.93. The lowest BCUT2D eigenvalue weighted by Gasteiger charge is -2.12. The molecular weight excluding hydrogens is 423 g/mol. The average molecular weight is 437 g/mol. The summed E-state index contributed by atoms with van der Waals surface area (Å²) < 4.78 is 27.7. The molecule has 0 radical (unpaired) electrons. The van der Waals surface area contributed by atoms with Gasteiger partial charge in [-0.25, -0.2) is 18.4 Å². The first-order valence-corrected chi connectivity index (χ1v) is 10.2. The molecule has 3 aromatic rings. The van der Waals surface area contributed by atoms with Crippen LogP contribution in [0.1, 0.15) is 6.92 Å². The van der Waals surface area contributed by atoms with Crippen LogP contribution < -0.4 is 10.0 Å². The van der Waals surface area contributed by atoms with Gasteiger partial charge in [-0.1, -0.05) is 35.3 Å². The highest BCUT2D eigenvalue weighted by atomic mass is 35.5. The molecule has 10 heteroatoms. The summed E-state index contributed by atoms with van der Waals surface area (Å²) in [6.45, 7) is 1.37. The van der Waals surface area contributed by atoms with Crippen molar-refractivity contribution in [3.05, 3.63) is 65.0 Å². The number of benzene rings is 1. The number of aromatic nitrogens is 2. The Morgan fingerprint density at radius 2 is 1.79 bits per heavy atom. The Bertz CT molecular complexity index is 1150. The largest absolute Gasteiger partial charge is 0.311 e. The molecule has 0 aliphatic rings. The number of nitrogens with zero attached hydrogens (tertiary/aromatic N) is 2. The first-order chi connectivity index (χ1) is 13.3. The third-order valence-electron chi connectivity index (χ3n) is 3.61. The second-order valence-corrected chi connectivity index (χ2v) is 8.13. The van der Waals surface area contributed by atoms with E-state index >= 15 is 0 Å². The molecule has 0 fully saturated rings. The fourth-order valence-corrected chi connectivity index (χ4v) is 4.18. The van der Waals surface area contributed by atoms with Gasteiger partial charge in [0.2, 0.25) is 5.91 Å². The predicted molar refractivity (Wildman–Crippen MR) is 109 cm³/mol. The van der Waals surface area contributed by atoms with Gasteiger partial charge in [-0.15, -0.1) is 0 Å². The predicted octanol–water partition coefficient (Wildman–Crippen LogP) is 4.21. The summed E-state index contributed by atoms with van der Waals surface area (Å²) in [5, 5.41) is 2.65. The zero-order chi connectivity index (χ0) is 20.3. The fraction of sp³-hybridized carbons (Fsp3) is 0.0556. The molecule has 144 valence electrons. The third kappa shape index (κ3) is 4.59. The molecule has 0 aliphatic carbocycles. The van der Waals surface area contributed by atoms with Gasteiger partial charge < -0.3 is 5.32 Å². The van der Waals surface area contributed by atoms with Gasteiger partial charge in [-0.05, 0) is 35.9 Å². The van der Waals surface area contributed by atoms with E-state index in [0.29, 0.717) is 16.9 Å². The highest BCUT2D eigenvalue weighted by Gasteiger charge is 2.19. The van der Waals surface area contributed by atoms with Crippen LogP contribution in [0.3, 0.4) is 0 Å². The molecule has 0 spiro atoms. The molecule has 2 heterocycles. The van der Waals surface area contributed by atoms with E-state index in [1.165, 1.54) is 37.5 Å². The normalized spacial score (nSPS) is 11.1. The van der Waals surface area contributed by atoms with Crippen LogP contribution in [-0.4, -0.2) is 24.3 Å². The summed E-state index contributed by atoms with van der Waals surface area (Å²) in [5.74, 6) is 0.102. The van der Waals surface area contributed by atoms with Crippen LogP contribution in [0.5, 0.6) is 0 Å². The first kappa shape index (κ1) is 20.1. The molecule has 0 saturated heterocycles. The van der Waals surface area contributed by atoms with E-state index in [-0.39, 0.29) is 26.7 Å². The van der Waals surface area contributed by atoms with E-state index in [2.05, 4.69) is 20.0 Å². The maximum atomic E-state index is 12.7. The monoisotopic (exact) mass is 436 g/mol. The summed E-state index contributed by atoms with van der Waals surface area (Å²) in [7, 11) is -3.97. The summed E-state index contributed by atoms with van der Waals surface area (Å²) >= 11 is 12.1. The van der Waals surface area contributed by atoms with Crippen LogP contribution in [0.4, 0.5) is 11.5 Å². The Morgan fingerprint density at radius 1 is 1.04 bits per heavy atom. The molecule has 3 rings (SSSR count). The fourth-order valence-electron chi connectivity index (χ4n) is 2.40. The van der Waals surface area contributed by atoms with E-state index < -0.39 is 10.0 Å². The minimum atomic E-state index is -3.97. The highest BCUT2D eigenvalue weighted by Crippen LogP contribution is 2.30. The number of rotatable bonds is 5. The smallest absolute Gasteiger partial charge is 0.263 e. The quantitative estimate of drug-likeness (QED) is 0.583. The number of nitrogens with one attached hydrogen (secondary N) is 2. The van der Waals surface area contributed by atoms with Gasteiger partial charge in [0.15, 0.2) is 5.15 Å². The van der Waals surface area contributed by atoms with Crippen molar-refractivity contribution < 1.29 is 13.2 Å². The lowest BCUT2D eigenvalue weighted by atomic mass is 10.1. The van der Waals surface area contributed by atoms with Gasteiger partial charge >= 0.3 is 0 Å². The Hall–Kier alpha value is -2.68. The molecule has 2 aromatic heterocycles. The van der Waals surface area contributed by atoms with E-state index in [9.17, 15) is 13.2 Å². The number of halogens is 2. The molecule has 2 N–H and O–H groups in total. The van der Waals surface area contributed by atoms with Gasteiger partial charge in [0.05, 0.1) is 10.7 Å². The maximum absolute atomic E-state index is 12.7. The lowest BCUT2D eigenvalue weighted by Crippen LogP contribution is -2.14. The number of carbonyl (C=O) groups excluding carboxylic acids is 1. The van der Waals surface area contributed by atoms with Gasteiger partial charge in [-0.2, -0.15) is 0 Å². The second-order valence-electron chi connectivity index (χ2n) is 5.71. The Kier molecular flexibility index (Phi) is 5.83. The standard InChI is InChI=1S/C18H14Cl2N4O3S/c1-11(25)23-17-9-12(6-7-21-17)13-8-15(18(20)22-10-13)24-28(26,27)16-5-3-2-4-14(16)19/h2-10,24H,1H3,(H,21,23,25). The molecule has 0 aliphatic heterocycles. The molecule has 0 atom stereocenters. The molecule has 0 saturated carbocycles. The van der Waals surface area contributed by atoms with Crippen LogP contribution in [0, 0.1) is 0 Å². The Balaban J connectivity index is 1.97.